The minimum absolute atomic E-state index is 0.0149. The molecule has 1 atom stereocenters. The van der Waals surface area contributed by atoms with Gasteiger partial charge >= 0.3 is 0 Å². The molecule has 2 heterocycles. The van der Waals surface area contributed by atoms with Crippen LogP contribution in [0.1, 0.15) is 41.9 Å². The molecule has 196 valence electrons. The van der Waals surface area contributed by atoms with Crippen LogP contribution >= 0.6 is 0 Å². The summed E-state index contributed by atoms with van der Waals surface area (Å²) in [5, 5.41) is 11.6. The van der Waals surface area contributed by atoms with Crippen molar-refractivity contribution in [2.24, 2.45) is 0 Å². The van der Waals surface area contributed by atoms with Gasteiger partial charge in [-0.3, -0.25) is 9.59 Å². The molecular weight excluding hydrogens is 478 g/mol. The van der Waals surface area contributed by atoms with E-state index < -0.39 is 23.5 Å². The van der Waals surface area contributed by atoms with E-state index in [1.54, 1.807) is 42.5 Å². The highest BCUT2D eigenvalue weighted by Crippen LogP contribution is 2.42. The maximum atomic E-state index is 13.8. The number of ether oxygens (including phenoxy) is 4. The molecule has 1 aromatic heterocycles. The van der Waals surface area contributed by atoms with Gasteiger partial charge in [-0.25, -0.2) is 0 Å². The van der Waals surface area contributed by atoms with Crippen molar-refractivity contribution in [3.63, 3.8) is 0 Å². The number of nitrogens with zero attached hydrogens (tertiary/aromatic N) is 1. The number of rotatable bonds is 12. The van der Waals surface area contributed by atoms with Gasteiger partial charge in [-0.2, -0.15) is 0 Å². The maximum absolute atomic E-state index is 13.8. The topological polar surface area (TPSA) is 108 Å². The van der Waals surface area contributed by atoms with Gasteiger partial charge in [0, 0.05) is 19.0 Å². The van der Waals surface area contributed by atoms with E-state index in [0.717, 1.165) is 12.8 Å². The van der Waals surface area contributed by atoms with Crippen LogP contribution in [-0.4, -0.2) is 62.8 Å². The standard InChI is InChI=1S/C28H31NO8/c1-5-6-13-36-19-11-10-17(15-21(19)35-4)24-23(26(31)28(32)29(24)12-14-33-2)25(30)22-16-18-8-7-9-20(34-3)27(18)37-22/h7-11,15-16,24,31H,5-6,12-14H2,1-4H3. The lowest BCUT2D eigenvalue weighted by Gasteiger charge is -2.27. The minimum Gasteiger partial charge on any atom is -0.503 e. The molecule has 9 heteroatoms. The second kappa shape index (κ2) is 11.4. The van der Waals surface area contributed by atoms with Gasteiger partial charge in [-0.15, -0.1) is 0 Å². The number of amides is 1. The number of aliphatic hydroxyl groups excluding tert-OH is 1. The van der Waals surface area contributed by atoms with Crippen LogP contribution in [0.5, 0.6) is 17.2 Å². The number of unbranched alkanes of at least 4 members (excludes halogenated alkanes) is 1. The van der Waals surface area contributed by atoms with Crippen molar-refractivity contribution in [3.8, 4) is 17.2 Å². The number of hydrogen-bond acceptors (Lipinski definition) is 8. The molecule has 2 aromatic carbocycles. The van der Waals surface area contributed by atoms with Crippen LogP contribution in [-0.2, 0) is 9.53 Å². The smallest absolute Gasteiger partial charge is 0.290 e. The summed E-state index contributed by atoms with van der Waals surface area (Å²) in [6.45, 7) is 2.99. The Kier molecular flexibility index (Phi) is 8.03. The molecule has 0 saturated heterocycles. The highest BCUT2D eigenvalue weighted by atomic mass is 16.5. The number of fused-ring (bicyclic) bond motifs is 1. The molecule has 1 unspecified atom stereocenters. The van der Waals surface area contributed by atoms with Crippen molar-refractivity contribution in [3.05, 3.63) is 65.1 Å². The van der Waals surface area contributed by atoms with Crippen molar-refractivity contribution >= 4 is 22.7 Å². The molecule has 1 amide bonds. The molecule has 0 radical (unpaired) electrons. The zero-order valence-corrected chi connectivity index (χ0v) is 21.4. The van der Waals surface area contributed by atoms with E-state index in [0.29, 0.717) is 40.4 Å². The van der Waals surface area contributed by atoms with Crippen LogP contribution in [0.2, 0.25) is 0 Å². The zero-order valence-electron chi connectivity index (χ0n) is 21.4. The van der Waals surface area contributed by atoms with Crippen LogP contribution < -0.4 is 14.2 Å². The van der Waals surface area contributed by atoms with E-state index in [1.165, 1.54) is 26.2 Å². The summed E-state index contributed by atoms with van der Waals surface area (Å²) in [6.07, 6.45) is 1.88. The molecule has 0 aliphatic carbocycles. The Balaban J connectivity index is 1.77. The van der Waals surface area contributed by atoms with Crippen molar-refractivity contribution in [2.75, 3.05) is 41.1 Å². The predicted octanol–water partition coefficient (Wildman–Crippen LogP) is 4.85. The normalized spacial score (nSPS) is 15.5. The molecule has 0 fully saturated rings. The lowest BCUT2D eigenvalue weighted by Crippen LogP contribution is -2.34. The lowest BCUT2D eigenvalue weighted by molar-refractivity contribution is -0.130. The lowest BCUT2D eigenvalue weighted by atomic mass is 9.94. The zero-order chi connectivity index (χ0) is 26.5. The Hall–Kier alpha value is -3.98. The Morgan fingerprint density at radius 3 is 2.51 bits per heavy atom. The van der Waals surface area contributed by atoms with Crippen molar-refractivity contribution in [1.82, 2.24) is 4.90 Å². The van der Waals surface area contributed by atoms with Gasteiger partial charge in [0.1, 0.15) is 0 Å². The molecule has 1 aliphatic rings. The molecule has 37 heavy (non-hydrogen) atoms. The molecule has 3 aromatic rings. The average molecular weight is 510 g/mol. The summed E-state index contributed by atoms with van der Waals surface area (Å²) in [5.41, 5.74) is 0.895. The van der Waals surface area contributed by atoms with Gasteiger partial charge in [0.15, 0.2) is 34.4 Å². The number of benzene rings is 2. The van der Waals surface area contributed by atoms with Crippen LogP contribution in [0.25, 0.3) is 11.0 Å². The number of carbonyl (C=O) groups is 2. The summed E-state index contributed by atoms with van der Waals surface area (Å²) >= 11 is 0. The molecular formula is C28H31NO8. The Labute approximate surface area is 215 Å². The van der Waals surface area contributed by atoms with E-state index in [1.807, 2.05) is 0 Å². The monoisotopic (exact) mass is 509 g/mol. The van der Waals surface area contributed by atoms with Crippen molar-refractivity contribution in [2.45, 2.75) is 25.8 Å². The van der Waals surface area contributed by atoms with Gasteiger partial charge in [-0.1, -0.05) is 31.5 Å². The molecule has 1 N–H and O–H groups in total. The van der Waals surface area contributed by atoms with E-state index >= 15 is 0 Å². The third-order valence-electron chi connectivity index (χ3n) is 6.30. The van der Waals surface area contributed by atoms with Crippen LogP contribution in [0.3, 0.4) is 0 Å². The summed E-state index contributed by atoms with van der Waals surface area (Å²) in [7, 11) is 4.55. The fourth-order valence-corrected chi connectivity index (χ4v) is 4.39. The SMILES string of the molecule is CCCCOc1ccc(C2C(C(=O)c3cc4cccc(OC)c4o3)=C(O)C(=O)N2CCOC)cc1OC. The molecule has 9 nitrogen and oxygen atoms in total. The number of aliphatic hydroxyl groups is 1. The molecule has 0 saturated carbocycles. The second-order valence-corrected chi connectivity index (χ2v) is 8.59. The summed E-state index contributed by atoms with van der Waals surface area (Å²) in [4.78, 5) is 28.3. The molecule has 0 spiro atoms. The predicted molar refractivity (Wildman–Crippen MR) is 136 cm³/mol. The number of furan rings is 1. The molecule has 1 aliphatic heterocycles. The van der Waals surface area contributed by atoms with E-state index in [9.17, 15) is 14.7 Å². The number of carbonyl (C=O) groups excluding carboxylic acids is 2. The Bertz CT molecular complexity index is 1320. The van der Waals surface area contributed by atoms with Crippen LogP contribution in [0, 0.1) is 0 Å². The Morgan fingerprint density at radius 2 is 1.81 bits per heavy atom. The first-order valence-corrected chi connectivity index (χ1v) is 12.1. The van der Waals surface area contributed by atoms with Crippen molar-refractivity contribution in [1.29, 1.82) is 0 Å². The maximum Gasteiger partial charge on any atom is 0.290 e. The molecule has 0 bridgehead atoms. The summed E-state index contributed by atoms with van der Waals surface area (Å²) in [5.74, 6) is -0.423. The summed E-state index contributed by atoms with van der Waals surface area (Å²) < 4.78 is 27.7. The number of Topliss-reactive ketones (excluding diaryl/α,β-unsaturated/α-hetero) is 1. The minimum atomic E-state index is -0.885. The quantitative estimate of drug-likeness (QED) is 0.273. The first-order chi connectivity index (χ1) is 17.9. The second-order valence-electron chi connectivity index (χ2n) is 8.59. The van der Waals surface area contributed by atoms with Gasteiger partial charge < -0.3 is 33.4 Å². The number of hydrogen-bond donors (Lipinski definition) is 1. The van der Waals surface area contributed by atoms with E-state index in [4.69, 9.17) is 23.4 Å². The fourth-order valence-electron chi connectivity index (χ4n) is 4.39. The first kappa shape index (κ1) is 26.1. The van der Waals surface area contributed by atoms with Crippen LogP contribution in [0.4, 0.5) is 0 Å². The fraction of sp³-hybridized carbons (Fsp3) is 0.357. The third-order valence-corrected chi connectivity index (χ3v) is 6.30. The number of methoxy groups -OCH3 is 3. The molecule has 4 rings (SSSR count). The van der Waals surface area contributed by atoms with Crippen molar-refractivity contribution < 1.29 is 38.1 Å². The van der Waals surface area contributed by atoms with Crippen LogP contribution in [0.15, 0.2) is 58.2 Å². The largest absolute Gasteiger partial charge is 0.503 e. The van der Waals surface area contributed by atoms with Gasteiger partial charge in [0.05, 0.1) is 39.0 Å². The third kappa shape index (κ3) is 4.99. The van der Waals surface area contributed by atoms with E-state index in [2.05, 4.69) is 6.92 Å². The summed E-state index contributed by atoms with van der Waals surface area (Å²) in [6, 6.07) is 11.2. The van der Waals surface area contributed by atoms with Gasteiger partial charge in [0.25, 0.3) is 5.91 Å². The van der Waals surface area contributed by atoms with Gasteiger partial charge in [0.2, 0.25) is 5.78 Å². The highest BCUT2D eigenvalue weighted by molar-refractivity contribution is 6.16. The Morgan fingerprint density at radius 1 is 1.03 bits per heavy atom. The van der Waals surface area contributed by atoms with Gasteiger partial charge in [-0.05, 0) is 36.2 Å². The number of para-hydroxylation sites is 1. The average Bonchev–Trinajstić information content (AvgIpc) is 3.46. The highest BCUT2D eigenvalue weighted by Gasteiger charge is 2.44. The first-order valence-electron chi connectivity index (χ1n) is 12.1. The number of ketones is 1. The van der Waals surface area contributed by atoms with E-state index in [-0.39, 0.29) is 24.5 Å².